The number of nitrogens with zero attached hydrogens (tertiary/aromatic N) is 2. The van der Waals surface area contributed by atoms with Crippen molar-refractivity contribution < 1.29 is 4.74 Å². The number of benzene rings is 3. The molecule has 28 heavy (non-hydrogen) atoms. The van der Waals surface area contributed by atoms with Crippen molar-refractivity contribution in [2.45, 2.75) is 0 Å². The second-order valence-corrected chi connectivity index (χ2v) is 7.43. The summed E-state index contributed by atoms with van der Waals surface area (Å²) in [5, 5.41) is 0.578. The van der Waals surface area contributed by atoms with Crippen LogP contribution < -0.4 is 10.3 Å². The molecule has 0 aliphatic rings. The summed E-state index contributed by atoms with van der Waals surface area (Å²) in [6.07, 6.45) is 3.81. The van der Waals surface area contributed by atoms with Crippen LogP contribution in [0, 0.1) is 3.57 Å². The Morgan fingerprint density at radius 2 is 1.71 bits per heavy atom. The second-order valence-electron chi connectivity index (χ2n) is 6.19. The first-order chi connectivity index (χ1) is 13.7. The maximum absolute atomic E-state index is 13.4. The topological polar surface area (TPSA) is 44.1 Å². The Kier molecular flexibility index (Phi) is 5.25. The van der Waals surface area contributed by atoms with Crippen molar-refractivity contribution in [3.63, 3.8) is 0 Å². The lowest BCUT2D eigenvalue weighted by molar-refractivity contribution is 0.412. The summed E-state index contributed by atoms with van der Waals surface area (Å²) in [7, 11) is 1.60. The van der Waals surface area contributed by atoms with Gasteiger partial charge in [-0.05, 0) is 64.6 Å². The highest BCUT2D eigenvalue weighted by molar-refractivity contribution is 14.1. The van der Waals surface area contributed by atoms with Gasteiger partial charge in [-0.3, -0.25) is 9.36 Å². The molecular formula is C23H17IN2O2. The van der Waals surface area contributed by atoms with E-state index in [9.17, 15) is 4.79 Å². The van der Waals surface area contributed by atoms with E-state index in [-0.39, 0.29) is 5.56 Å². The van der Waals surface area contributed by atoms with Gasteiger partial charge < -0.3 is 4.74 Å². The van der Waals surface area contributed by atoms with Gasteiger partial charge in [0.2, 0.25) is 0 Å². The largest absolute Gasteiger partial charge is 0.495 e. The van der Waals surface area contributed by atoms with Crippen molar-refractivity contribution in [3.05, 3.63) is 98.1 Å². The molecule has 0 spiro atoms. The first-order valence-corrected chi connectivity index (χ1v) is 9.84. The lowest BCUT2D eigenvalue weighted by atomic mass is 10.2. The highest BCUT2D eigenvalue weighted by atomic mass is 127. The molecule has 4 aromatic rings. The molecule has 0 unspecified atom stereocenters. The van der Waals surface area contributed by atoms with E-state index < -0.39 is 0 Å². The van der Waals surface area contributed by atoms with E-state index in [2.05, 4.69) is 22.6 Å². The van der Waals surface area contributed by atoms with Gasteiger partial charge in [-0.1, -0.05) is 48.5 Å². The highest BCUT2D eigenvalue weighted by Crippen LogP contribution is 2.24. The van der Waals surface area contributed by atoms with Gasteiger partial charge in [-0.15, -0.1) is 0 Å². The summed E-state index contributed by atoms with van der Waals surface area (Å²) in [6.45, 7) is 0. The van der Waals surface area contributed by atoms with E-state index >= 15 is 0 Å². The third-order valence-electron chi connectivity index (χ3n) is 4.41. The summed E-state index contributed by atoms with van der Waals surface area (Å²) < 4.78 is 8.09. The van der Waals surface area contributed by atoms with Crippen LogP contribution in [0.2, 0.25) is 0 Å². The number of methoxy groups -OCH3 is 1. The first-order valence-electron chi connectivity index (χ1n) is 8.76. The maximum Gasteiger partial charge on any atom is 0.266 e. The monoisotopic (exact) mass is 480 g/mol. The molecule has 0 fully saturated rings. The SMILES string of the molecule is COc1ccccc1-n1c(/C=C/c2ccccc2)nc2ccc(I)cc2c1=O. The quantitative estimate of drug-likeness (QED) is 0.379. The van der Waals surface area contributed by atoms with Crippen LogP contribution in [-0.2, 0) is 0 Å². The molecule has 0 atom stereocenters. The molecule has 1 aromatic heterocycles. The highest BCUT2D eigenvalue weighted by Gasteiger charge is 2.14. The van der Waals surface area contributed by atoms with Crippen LogP contribution in [-0.4, -0.2) is 16.7 Å². The summed E-state index contributed by atoms with van der Waals surface area (Å²) in [5.74, 6) is 1.16. The summed E-state index contributed by atoms with van der Waals surface area (Å²) >= 11 is 2.20. The molecule has 5 heteroatoms. The molecule has 138 valence electrons. The lowest BCUT2D eigenvalue weighted by Crippen LogP contribution is -2.23. The van der Waals surface area contributed by atoms with Crippen molar-refractivity contribution >= 4 is 45.6 Å². The molecule has 4 rings (SSSR count). The number of aromatic nitrogens is 2. The number of hydrogen-bond acceptors (Lipinski definition) is 3. The standard InChI is InChI=1S/C23H17IN2O2/c1-28-21-10-6-5-9-20(21)26-22(14-11-16-7-3-2-4-8-16)25-19-13-12-17(24)15-18(19)23(26)27/h2-15H,1H3/b14-11+. The number of para-hydroxylation sites is 2. The molecule has 0 aliphatic carbocycles. The molecule has 0 aliphatic heterocycles. The molecule has 4 nitrogen and oxygen atoms in total. The zero-order valence-electron chi connectivity index (χ0n) is 15.2. The molecule has 0 amide bonds. The number of ether oxygens (including phenoxy) is 1. The summed E-state index contributed by atoms with van der Waals surface area (Å²) in [6, 6.07) is 23.1. The Morgan fingerprint density at radius 3 is 2.50 bits per heavy atom. The van der Waals surface area contributed by atoms with Gasteiger partial charge in [0, 0.05) is 3.57 Å². The van der Waals surface area contributed by atoms with Gasteiger partial charge in [0.1, 0.15) is 11.6 Å². The molecule has 0 bridgehead atoms. The lowest BCUT2D eigenvalue weighted by Gasteiger charge is -2.14. The summed E-state index contributed by atoms with van der Waals surface area (Å²) in [4.78, 5) is 18.2. The number of halogens is 1. The fraction of sp³-hybridized carbons (Fsp3) is 0.0435. The van der Waals surface area contributed by atoms with Crippen molar-refractivity contribution in [2.75, 3.05) is 7.11 Å². The van der Waals surface area contributed by atoms with Crippen molar-refractivity contribution in [1.29, 1.82) is 0 Å². The minimum absolute atomic E-state index is 0.124. The Labute approximate surface area is 176 Å². The van der Waals surface area contributed by atoms with Gasteiger partial charge >= 0.3 is 0 Å². The fourth-order valence-electron chi connectivity index (χ4n) is 3.07. The van der Waals surface area contributed by atoms with Crippen LogP contribution in [0.5, 0.6) is 5.75 Å². The van der Waals surface area contributed by atoms with Gasteiger partial charge in [0.25, 0.3) is 5.56 Å². The van der Waals surface area contributed by atoms with Gasteiger partial charge in [0.15, 0.2) is 0 Å². The second kappa shape index (κ2) is 7.98. The van der Waals surface area contributed by atoms with Crippen LogP contribution in [0.15, 0.2) is 77.6 Å². The van der Waals surface area contributed by atoms with Crippen molar-refractivity contribution in [1.82, 2.24) is 9.55 Å². The van der Waals surface area contributed by atoms with Crippen LogP contribution in [0.1, 0.15) is 11.4 Å². The zero-order chi connectivity index (χ0) is 19.5. The molecular weight excluding hydrogens is 463 g/mol. The fourth-order valence-corrected chi connectivity index (χ4v) is 3.56. The average molecular weight is 480 g/mol. The molecule has 0 saturated carbocycles. The Bertz CT molecular complexity index is 1230. The normalized spacial score (nSPS) is 11.2. The molecule has 3 aromatic carbocycles. The minimum Gasteiger partial charge on any atom is -0.495 e. The zero-order valence-corrected chi connectivity index (χ0v) is 17.3. The smallest absolute Gasteiger partial charge is 0.266 e. The van der Waals surface area contributed by atoms with Gasteiger partial charge in [0.05, 0.1) is 23.7 Å². The molecule has 1 heterocycles. The number of fused-ring (bicyclic) bond motifs is 1. The summed E-state index contributed by atoms with van der Waals surface area (Å²) in [5.41, 5.74) is 2.24. The van der Waals surface area contributed by atoms with Crippen LogP contribution in [0.25, 0.3) is 28.7 Å². The Morgan fingerprint density at radius 1 is 0.964 bits per heavy atom. The van der Waals surface area contributed by atoms with E-state index in [0.717, 1.165) is 9.13 Å². The van der Waals surface area contributed by atoms with Crippen molar-refractivity contribution in [2.24, 2.45) is 0 Å². The van der Waals surface area contributed by atoms with Crippen LogP contribution in [0.3, 0.4) is 0 Å². The van der Waals surface area contributed by atoms with E-state index in [1.165, 1.54) is 0 Å². The predicted molar refractivity (Wildman–Crippen MR) is 122 cm³/mol. The Balaban J connectivity index is 2.01. The molecule has 0 radical (unpaired) electrons. The number of hydrogen-bond donors (Lipinski definition) is 0. The predicted octanol–water partition coefficient (Wildman–Crippen LogP) is 5.17. The maximum atomic E-state index is 13.4. The molecule has 0 N–H and O–H groups in total. The van der Waals surface area contributed by atoms with Gasteiger partial charge in [-0.2, -0.15) is 0 Å². The molecule has 0 saturated heterocycles. The van der Waals surface area contributed by atoms with E-state index in [1.54, 1.807) is 11.7 Å². The Hall–Kier alpha value is -2.93. The van der Waals surface area contributed by atoms with E-state index in [4.69, 9.17) is 9.72 Å². The minimum atomic E-state index is -0.124. The third kappa shape index (κ3) is 3.57. The van der Waals surface area contributed by atoms with E-state index in [1.807, 2.05) is 84.9 Å². The average Bonchev–Trinajstić information content (AvgIpc) is 2.73. The van der Waals surface area contributed by atoms with Crippen molar-refractivity contribution in [3.8, 4) is 11.4 Å². The number of rotatable bonds is 4. The van der Waals surface area contributed by atoms with Crippen LogP contribution in [0.4, 0.5) is 0 Å². The van der Waals surface area contributed by atoms with Crippen LogP contribution >= 0.6 is 22.6 Å². The van der Waals surface area contributed by atoms with Gasteiger partial charge in [-0.25, -0.2) is 4.98 Å². The van der Waals surface area contributed by atoms with E-state index in [0.29, 0.717) is 28.2 Å². The third-order valence-corrected chi connectivity index (χ3v) is 5.08. The first kappa shape index (κ1) is 18.4.